The number of ether oxygens (including phenoxy) is 2. The van der Waals surface area contributed by atoms with E-state index < -0.39 is 0 Å². The third-order valence-corrected chi connectivity index (χ3v) is 7.78. The Morgan fingerprint density at radius 2 is 1.52 bits per heavy atom. The molecule has 1 amide bonds. The maximum Gasteiger partial charge on any atom is 0.262 e. The number of amides is 1. The minimum atomic E-state index is -0.219. The number of nitrogens with zero attached hydrogens (tertiary/aromatic N) is 1. The number of hydrogen-bond acceptors (Lipinski definition) is 5. The second kappa shape index (κ2) is 21.0. The van der Waals surface area contributed by atoms with Crippen molar-refractivity contribution >= 4 is 51.9 Å². The molecule has 0 unspecified atom stereocenters. The minimum absolute atomic E-state index is 0. The van der Waals surface area contributed by atoms with Crippen LogP contribution < -0.4 is 14.8 Å². The molecule has 0 radical (unpaired) electrons. The van der Waals surface area contributed by atoms with E-state index in [1.54, 1.807) is 30.0 Å². The Morgan fingerprint density at radius 1 is 0.875 bits per heavy atom. The summed E-state index contributed by atoms with van der Waals surface area (Å²) in [5.41, 5.74) is 1.95. The second-order valence-electron chi connectivity index (χ2n) is 10.2. The summed E-state index contributed by atoms with van der Waals surface area (Å²) in [6, 6.07) is 13.2. The molecule has 1 aliphatic heterocycles. The average molecular weight is 654 g/mol. The van der Waals surface area contributed by atoms with Crippen molar-refractivity contribution in [2.75, 3.05) is 24.4 Å². The van der Waals surface area contributed by atoms with Crippen LogP contribution in [-0.4, -0.2) is 29.9 Å². The molecule has 3 rings (SSSR count). The van der Waals surface area contributed by atoms with Crippen LogP contribution in [0.2, 0.25) is 5.02 Å². The van der Waals surface area contributed by atoms with Crippen LogP contribution in [0.15, 0.2) is 54.1 Å². The van der Waals surface area contributed by atoms with E-state index in [0.717, 1.165) is 31.0 Å². The van der Waals surface area contributed by atoms with E-state index in [-0.39, 0.29) is 29.5 Å². The Balaban J connectivity index is 0.00000560. The van der Waals surface area contributed by atoms with Crippen LogP contribution >= 0.6 is 40.3 Å². The maximum atomic E-state index is 12.5. The summed E-state index contributed by atoms with van der Waals surface area (Å²) in [7, 11) is 0. The number of thioether (sulfide) groups is 1. The van der Waals surface area contributed by atoms with Gasteiger partial charge in [0.25, 0.3) is 5.91 Å². The van der Waals surface area contributed by atoms with E-state index in [0.29, 0.717) is 23.1 Å². The highest BCUT2D eigenvalue weighted by Crippen LogP contribution is 2.31. The van der Waals surface area contributed by atoms with Crippen LogP contribution in [0.1, 0.15) is 89.5 Å². The first-order valence-electron chi connectivity index (χ1n) is 14.6. The van der Waals surface area contributed by atoms with Crippen molar-refractivity contribution in [2.24, 2.45) is 0 Å². The molecule has 8 heteroatoms. The van der Waals surface area contributed by atoms with Crippen LogP contribution in [0.3, 0.4) is 0 Å². The Morgan fingerprint density at radius 3 is 2.15 bits per heavy atom. The SMILES string of the molecule is Br.CCCCCCCCCCCCCCOc1cc(Cl)ccc1OCC(=O)Nc1ccc(CN2C=CSC2)cc1. The third-order valence-electron chi connectivity index (χ3n) is 6.75. The van der Waals surface area contributed by atoms with Gasteiger partial charge in [-0.2, -0.15) is 0 Å². The molecule has 0 bridgehead atoms. The molecule has 2 aromatic rings. The van der Waals surface area contributed by atoms with E-state index >= 15 is 0 Å². The highest BCUT2D eigenvalue weighted by Gasteiger charge is 2.11. The average Bonchev–Trinajstić information content (AvgIpc) is 3.45. The van der Waals surface area contributed by atoms with Gasteiger partial charge >= 0.3 is 0 Å². The molecule has 222 valence electrons. The van der Waals surface area contributed by atoms with Gasteiger partial charge in [0.15, 0.2) is 18.1 Å². The van der Waals surface area contributed by atoms with E-state index in [1.807, 2.05) is 24.3 Å². The van der Waals surface area contributed by atoms with E-state index in [9.17, 15) is 4.79 Å². The first-order chi connectivity index (χ1) is 19.1. The van der Waals surface area contributed by atoms with Crippen molar-refractivity contribution in [3.05, 3.63) is 64.7 Å². The van der Waals surface area contributed by atoms with Crippen LogP contribution in [0.5, 0.6) is 11.5 Å². The molecule has 0 aromatic heterocycles. The van der Waals surface area contributed by atoms with E-state index in [2.05, 4.69) is 28.7 Å². The zero-order valence-corrected chi connectivity index (χ0v) is 27.2. The highest BCUT2D eigenvalue weighted by molar-refractivity contribution is 8.93. The normalized spacial score (nSPS) is 12.3. The van der Waals surface area contributed by atoms with Gasteiger partial charge in [-0.1, -0.05) is 101 Å². The summed E-state index contributed by atoms with van der Waals surface area (Å²) in [5.74, 6) is 1.87. The fourth-order valence-electron chi connectivity index (χ4n) is 4.52. The van der Waals surface area contributed by atoms with Crippen molar-refractivity contribution in [3.8, 4) is 11.5 Å². The lowest BCUT2D eigenvalue weighted by Gasteiger charge is -2.15. The molecule has 5 nitrogen and oxygen atoms in total. The predicted molar refractivity (Wildman–Crippen MR) is 176 cm³/mol. The topological polar surface area (TPSA) is 50.8 Å². The van der Waals surface area contributed by atoms with Crippen molar-refractivity contribution in [2.45, 2.75) is 90.5 Å². The number of hydrogen-bond donors (Lipinski definition) is 1. The van der Waals surface area contributed by atoms with Crippen LogP contribution in [0, 0.1) is 0 Å². The monoisotopic (exact) mass is 652 g/mol. The largest absolute Gasteiger partial charge is 0.490 e. The lowest BCUT2D eigenvalue weighted by Crippen LogP contribution is -2.20. The minimum Gasteiger partial charge on any atom is -0.490 e. The molecule has 2 aromatic carbocycles. The molecule has 1 N–H and O–H groups in total. The summed E-state index contributed by atoms with van der Waals surface area (Å²) in [6.45, 7) is 3.63. The number of nitrogens with one attached hydrogen (secondary N) is 1. The molecule has 0 saturated carbocycles. The number of anilines is 1. The fourth-order valence-corrected chi connectivity index (χ4v) is 5.39. The van der Waals surface area contributed by atoms with Gasteiger partial charge < -0.3 is 19.7 Å². The van der Waals surface area contributed by atoms with Crippen LogP contribution in [-0.2, 0) is 11.3 Å². The van der Waals surface area contributed by atoms with Crippen molar-refractivity contribution in [3.63, 3.8) is 0 Å². The highest BCUT2D eigenvalue weighted by atomic mass is 79.9. The summed E-state index contributed by atoms with van der Waals surface area (Å²) in [6.07, 6.45) is 17.8. The molecule has 0 aliphatic carbocycles. The molecule has 0 saturated heterocycles. The van der Waals surface area contributed by atoms with Gasteiger partial charge in [0.2, 0.25) is 0 Å². The summed E-state index contributed by atoms with van der Waals surface area (Å²) < 4.78 is 11.8. The Hall–Kier alpha value is -1.83. The maximum absolute atomic E-state index is 12.5. The molecule has 1 heterocycles. The van der Waals surface area contributed by atoms with Crippen molar-refractivity contribution in [1.82, 2.24) is 4.90 Å². The first kappa shape index (κ1) is 34.4. The fraction of sp³-hybridized carbons (Fsp3) is 0.531. The zero-order chi connectivity index (χ0) is 27.5. The molecule has 0 spiro atoms. The van der Waals surface area contributed by atoms with Crippen molar-refractivity contribution < 1.29 is 14.3 Å². The number of halogens is 2. The third kappa shape index (κ3) is 14.2. The molecule has 0 atom stereocenters. The number of unbranched alkanes of at least 4 members (excludes halogenated alkanes) is 11. The van der Waals surface area contributed by atoms with Gasteiger partial charge in [0, 0.05) is 29.5 Å². The predicted octanol–water partition coefficient (Wildman–Crippen LogP) is 9.99. The Labute approximate surface area is 261 Å². The molecular weight excluding hydrogens is 608 g/mol. The number of benzene rings is 2. The first-order valence-corrected chi connectivity index (χ1v) is 16.0. The lowest BCUT2D eigenvalue weighted by atomic mass is 10.1. The van der Waals surface area contributed by atoms with Gasteiger partial charge in [-0.3, -0.25) is 4.79 Å². The number of carbonyl (C=O) groups is 1. The Kier molecular flexibility index (Phi) is 18.0. The smallest absolute Gasteiger partial charge is 0.262 e. The quantitative estimate of drug-likeness (QED) is 0.144. The van der Waals surface area contributed by atoms with Crippen LogP contribution in [0.25, 0.3) is 0 Å². The van der Waals surface area contributed by atoms with Gasteiger partial charge in [-0.25, -0.2) is 0 Å². The van der Waals surface area contributed by atoms with Gasteiger partial charge in [-0.05, 0) is 41.7 Å². The number of rotatable bonds is 20. The molecule has 40 heavy (non-hydrogen) atoms. The van der Waals surface area contributed by atoms with Gasteiger partial charge in [0.05, 0.1) is 12.5 Å². The van der Waals surface area contributed by atoms with Gasteiger partial charge in [-0.15, -0.1) is 28.7 Å². The van der Waals surface area contributed by atoms with Crippen molar-refractivity contribution in [1.29, 1.82) is 0 Å². The molecular formula is C32H46BrClN2O3S. The van der Waals surface area contributed by atoms with E-state index in [1.165, 1.54) is 69.8 Å². The van der Waals surface area contributed by atoms with Crippen LogP contribution in [0.4, 0.5) is 5.69 Å². The standard InChI is InChI=1S/C32H45ClN2O3S.BrH/c1-2-3-4-5-6-7-8-9-10-11-12-13-21-37-31-23-28(33)16-19-30(31)38-25-32(36)34-29-17-14-27(15-18-29)24-35-20-22-39-26-35;/h14-20,22-23H,2-13,21,24-26H2,1H3,(H,34,36);1H. The number of carbonyl (C=O) groups excluding carboxylic acids is 1. The summed E-state index contributed by atoms with van der Waals surface area (Å²) >= 11 is 7.98. The second-order valence-corrected chi connectivity index (χ2v) is 11.5. The zero-order valence-electron chi connectivity index (χ0n) is 23.9. The Bertz CT molecular complexity index is 1010. The molecule has 1 aliphatic rings. The van der Waals surface area contributed by atoms with Gasteiger partial charge in [0.1, 0.15) is 0 Å². The lowest BCUT2D eigenvalue weighted by molar-refractivity contribution is -0.118. The summed E-state index contributed by atoms with van der Waals surface area (Å²) in [5, 5.41) is 5.58. The van der Waals surface area contributed by atoms with E-state index in [4.69, 9.17) is 21.1 Å². The molecule has 0 fully saturated rings. The summed E-state index contributed by atoms with van der Waals surface area (Å²) in [4.78, 5) is 14.7.